The van der Waals surface area contributed by atoms with E-state index in [9.17, 15) is 4.79 Å². The van der Waals surface area contributed by atoms with Crippen LogP contribution in [0, 0.1) is 0 Å². The van der Waals surface area contributed by atoms with Gasteiger partial charge in [0.2, 0.25) is 10.1 Å². The van der Waals surface area contributed by atoms with Gasteiger partial charge in [-0.05, 0) is 19.1 Å². The molecule has 1 amide bonds. The molecule has 5 nitrogen and oxygen atoms in total. The average Bonchev–Trinajstić information content (AvgIpc) is 2.96. The number of nitrogens with zero attached hydrogens (tertiary/aromatic N) is 2. The summed E-state index contributed by atoms with van der Waals surface area (Å²) in [5.41, 5.74) is 0. The van der Waals surface area contributed by atoms with Crippen molar-refractivity contribution < 1.29 is 4.79 Å². The van der Waals surface area contributed by atoms with Gasteiger partial charge in [0.25, 0.3) is 5.91 Å². The SMILES string of the molecule is CCNc1nnc(C(=O)NCc2ccc(Cl)s2)s1. The van der Waals surface area contributed by atoms with Crippen LogP contribution in [0.5, 0.6) is 0 Å². The highest BCUT2D eigenvalue weighted by molar-refractivity contribution is 7.17. The molecule has 0 unspecified atom stereocenters. The summed E-state index contributed by atoms with van der Waals surface area (Å²) in [5, 5.41) is 14.5. The maximum Gasteiger partial charge on any atom is 0.282 e. The minimum Gasteiger partial charge on any atom is -0.360 e. The fourth-order valence-corrected chi connectivity index (χ4v) is 2.98. The van der Waals surface area contributed by atoms with Gasteiger partial charge in [0, 0.05) is 11.4 Å². The maximum atomic E-state index is 11.8. The first kappa shape index (κ1) is 13.3. The monoisotopic (exact) mass is 302 g/mol. The fourth-order valence-electron chi connectivity index (χ4n) is 1.23. The van der Waals surface area contributed by atoms with Crippen LogP contribution in [0.25, 0.3) is 0 Å². The Morgan fingerprint density at radius 2 is 2.22 bits per heavy atom. The fraction of sp³-hybridized carbons (Fsp3) is 0.300. The molecular formula is C10H11ClN4OS2. The molecule has 0 saturated heterocycles. The molecule has 0 fully saturated rings. The van der Waals surface area contributed by atoms with Crippen molar-refractivity contribution in [3.63, 3.8) is 0 Å². The van der Waals surface area contributed by atoms with Crippen LogP contribution >= 0.6 is 34.3 Å². The Balaban J connectivity index is 1.90. The molecule has 2 N–H and O–H groups in total. The molecule has 8 heteroatoms. The normalized spacial score (nSPS) is 10.3. The van der Waals surface area contributed by atoms with Gasteiger partial charge in [-0.15, -0.1) is 21.5 Å². The summed E-state index contributed by atoms with van der Waals surface area (Å²) in [5.74, 6) is -0.221. The summed E-state index contributed by atoms with van der Waals surface area (Å²) in [7, 11) is 0. The van der Waals surface area contributed by atoms with Crippen molar-refractivity contribution in [3.05, 3.63) is 26.4 Å². The number of hydrogen-bond acceptors (Lipinski definition) is 6. The molecule has 0 spiro atoms. The lowest BCUT2D eigenvalue weighted by Gasteiger charge is -1.99. The largest absolute Gasteiger partial charge is 0.360 e. The van der Waals surface area contributed by atoms with Crippen molar-refractivity contribution >= 4 is 45.3 Å². The number of aromatic nitrogens is 2. The zero-order chi connectivity index (χ0) is 13.0. The van der Waals surface area contributed by atoms with E-state index in [-0.39, 0.29) is 5.91 Å². The standard InChI is InChI=1S/C10H11ClN4OS2/c1-2-12-10-15-14-9(18-10)8(16)13-5-6-3-4-7(11)17-6/h3-4H,2,5H2,1H3,(H,12,15)(H,13,16). The number of amides is 1. The van der Waals surface area contributed by atoms with Crippen molar-refractivity contribution in [2.75, 3.05) is 11.9 Å². The molecule has 0 bridgehead atoms. The highest BCUT2D eigenvalue weighted by atomic mass is 35.5. The Labute approximate surface area is 117 Å². The Kier molecular flexibility index (Phi) is 4.51. The molecule has 2 rings (SSSR count). The van der Waals surface area contributed by atoms with E-state index in [1.165, 1.54) is 22.7 Å². The predicted octanol–water partition coefficient (Wildman–Crippen LogP) is 2.61. The third kappa shape index (κ3) is 3.41. The number of anilines is 1. The summed E-state index contributed by atoms with van der Waals surface area (Å²) in [6, 6.07) is 3.69. The van der Waals surface area contributed by atoms with Crippen molar-refractivity contribution in [3.8, 4) is 0 Å². The van der Waals surface area contributed by atoms with E-state index < -0.39 is 0 Å². The van der Waals surface area contributed by atoms with E-state index in [1.807, 2.05) is 19.1 Å². The van der Waals surface area contributed by atoms with Crippen LogP contribution in [0.1, 0.15) is 21.6 Å². The number of hydrogen-bond donors (Lipinski definition) is 2. The first-order valence-corrected chi connectivity index (χ1v) is 7.30. The molecule has 2 aromatic rings. The van der Waals surface area contributed by atoms with E-state index in [4.69, 9.17) is 11.6 Å². The Hall–Kier alpha value is -1.18. The molecule has 0 radical (unpaired) electrons. The van der Waals surface area contributed by atoms with Crippen molar-refractivity contribution in [2.24, 2.45) is 0 Å². The number of rotatable bonds is 5. The zero-order valence-electron chi connectivity index (χ0n) is 9.57. The van der Waals surface area contributed by atoms with Gasteiger partial charge in [0.1, 0.15) is 0 Å². The molecule has 0 aliphatic carbocycles. The number of carbonyl (C=O) groups is 1. The van der Waals surface area contributed by atoms with Crippen LogP contribution in [0.3, 0.4) is 0 Å². The smallest absolute Gasteiger partial charge is 0.282 e. The molecule has 18 heavy (non-hydrogen) atoms. The van der Waals surface area contributed by atoms with Crippen LogP contribution in [-0.2, 0) is 6.54 Å². The van der Waals surface area contributed by atoms with Crippen LogP contribution in [0.15, 0.2) is 12.1 Å². The van der Waals surface area contributed by atoms with Crippen LogP contribution in [0.4, 0.5) is 5.13 Å². The Morgan fingerprint density at radius 1 is 1.39 bits per heavy atom. The first-order chi connectivity index (χ1) is 8.69. The van der Waals surface area contributed by atoms with Gasteiger partial charge in [-0.1, -0.05) is 22.9 Å². The molecule has 0 saturated carbocycles. The Morgan fingerprint density at radius 3 is 2.89 bits per heavy atom. The lowest BCUT2D eigenvalue weighted by atomic mass is 10.4. The first-order valence-electron chi connectivity index (χ1n) is 5.29. The third-order valence-corrected chi connectivity index (χ3v) is 4.11. The summed E-state index contributed by atoms with van der Waals surface area (Å²) in [6.07, 6.45) is 0. The van der Waals surface area contributed by atoms with Crippen molar-refractivity contribution in [1.82, 2.24) is 15.5 Å². The van der Waals surface area contributed by atoms with E-state index in [1.54, 1.807) is 0 Å². The summed E-state index contributed by atoms with van der Waals surface area (Å²) >= 11 is 8.49. The van der Waals surface area contributed by atoms with E-state index >= 15 is 0 Å². The van der Waals surface area contributed by atoms with Gasteiger partial charge in [0.15, 0.2) is 0 Å². The molecule has 0 aromatic carbocycles. The van der Waals surface area contributed by atoms with Gasteiger partial charge in [-0.2, -0.15) is 0 Å². The number of carbonyl (C=O) groups excluding carboxylic acids is 1. The van der Waals surface area contributed by atoms with Crippen molar-refractivity contribution in [2.45, 2.75) is 13.5 Å². The van der Waals surface area contributed by atoms with Crippen LogP contribution < -0.4 is 10.6 Å². The molecule has 0 aliphatic rings. The topological polar surface area (TPSA) is 66.9 Å². The molecule has 96 valence electrons. The lowest BCUT2D eigenvalue weighted by Crippen LogP contribution is -2.22. The lowest BCUT2D eigenvalue weighted by molar-refractivity contribution is 0.0950. The number of thiophene rings is 1. The summed E-state index contributed by atoms with van der Waals surface area (Å²) < 4.78 is 0.713. The van der Waals surface area contributed by atoms with E-state index in [2.05, 4.69) is 20.8 Å². The van der Waals surface area contributed by atoms with Gasteiger partial charge in [0.05, 0.1) is 10.9 Å². The number of nitrogens with one attached hydrogen (secondary N) is 2. The Bertz CT molecular complexity index is 539. The zero-order valence-corrected chi connectivity index (χ0v) is 12.0. The third-order valence-electron chi connectivity index (χ3n) is 2.00. The predicted molar refractivity (Wildman–Crippen MR) is 74.6 cm³/mol. The minimum atomic E-state index is -0.221. The minimum absolute atomic E-state index is 0.221. The van der Waals surface area contributed by atoms with Gasteiger partial charge >= 0.3 is 0 Å². The second-order valence-corrected chi connectivity index (χ2v) is 6.11. The highest BCUT2D eigenvalue weighted by Crippen LogP contribution is 2.21. The molecular weight excluding hydrogens is 292 g/mol. The van der Waals surface area contributed by atoms with Gasteiger partial charge < -0.3 is 10.6 Å². The van der Waals surface area contributed by atoms with Gasteiger partial charge in [-0.3, -0.25) is 4.79 Å². The molecule has 2 heterocycles. The second kappa shape index (κ2) is 6.12. The molecule has 0 aliphatic heterocycles. The molecule has 2 aromatic heterocycles. The second-order valence-electron chi connectivity index (χ2n) is 3.33. The molecule has 0 atom stereocenters. The highest BCUT2D eigenvalue weighted by Gasteiger charge is 2.12. The summed E-state index contributed by atoms with van der Waals surface area (Å²) in [4.78, 5) is 12.8. The average molecular weight is 303 g/mol. The van der Waals surface area contributed by atoms with Crippen LogP contribution in [0.2, 0.25) is 4.34 Å². The van der Waals surface area contributed by atoms with Crippen LogP contribution in [-0.4, -0.2) is 22.6 Å². The quantitative estimate of drug-likeness (QED) is 0.891. The summed E-state index contributed by atoms with van der Waals surface area (Å²) in [6.45, 7) is 3.16. The van der Waals surface area contributed by atoms with E-state index in [0.717, 1.165) is 11.4 Å². The maximum absolute atomic E-state index is 11.8. The van der Waals surface area contributed by atoms with E-state index in [0.29, 0.717) is 21.0 Å². The van der Waals surface area contributed by atoms with Gasteiger partial charge in [-0.25, -0.2) is 0 Å². The number of halogens is 1. The van der Waals surface area contributed by atoms with Crippen molar-refractivity contribution in [1.29, 1.82) is 0 Å².